The highest BCUT2D eigenvalue weighted by Gasteiger charge is 2.10. The van der Waals surface area contributed by atoms with Crippen molar-refractivity contribution < 1.29 is 9.90 Å². The number of hydrogen-bond acceptors (Lipinski definition) is 3. The van der Waals surface area contributed by atoms with E-state index in [1.807, 2.05) is 17.5 Å². The van der Waals surface area contributed by atoms with Crippen LogP contribution in [0.5, 0.6) is 0 Å². The SMILES string of the molecule is O=C(O)Cc1sccc1-c1ccn[nH]1. The van der Waals surface area contributed by atoms with Gasteiger partial charge in [0.25, 0.3) is 0 Å². The van der Waals surface area contributed by atoms with E-state index in [1.165, 1.54) is 11.3 Å². The Bertz CT molecular complexity index is 433. The number of carboxylic acid groups (broad SMARTS) is 1. The summed E-state index contributed by atoms with van der Waals surface area (Å²) in [5.74, 6) is -0.812. The molecular formula is C9H8N2O2S. The lowest BCUT2D eigenvalue weighted by Gasteiger charge is -1.97. The number of rotatable bonds is 3. The van der Waals surface area contributed by atoms with Crippen LogP contribution in [0.3, 0.4) is 0 Å². The molecule has 0 bridgehead atoms. The number of hydrogen-bond donors (Lipinski definition) is 2. The van der Waals surface area contributed by atoms with Crippen molar-refractivity contribution in [2.75, 3.05) is 0 Å². The molecule has 0 aromatic carbocycles. The lowest BCUT2D eigenvalue weighted by molar-refractivity contribution is -0.136. The largest absolute Gasteiger partial charge is 0.481 e. The van der Waals surface area contributed by atoms with Gasteiger partial charge in [-0.2, -0.15) is 5.10 Å². The van der Waals surface area contributed by atoms with Gasteiger partial charge in [-0.05, 0) is 17.5 Å². The maximum Gasteiger partial charge on any atom is 0.308 e. The Labute approximate surface area is 84.2 Å². The van der Waals surface area contributed by atoms with Gasteiger partial charge in [-0.3, -0.25) is 9.89 Å². The molecule has 2 aromatic heterocycles. The molecule has 2 rings (SSSR count). The maximum atomic E-state index is 10.6. The number of nitrogens with zero attached hydrogens (tertiary/aromatic N) is 1. The van der Waals surface area contributed by atoms with Gasteiger partial charge in [0, 0.05) is 16.6 Å². The first kappa shape index (κ1) is 8.96. The smallest absolute Gasteiger partial charge is 0.308 e. The predicted molar refractivity (Wildman–Crippen MR) is 53.2 cm³/mol. The summed E-state index contributed by atoms with van der Waals surface area (Å²) in [5.41, 5.74) is 1.79. The third-order valence-corrected chi connectivity index (χ3v) is 2.77. The van der Waals surface area contributed by atoms with Gasteiger partial charge in [0.1, 0.15) is 0 Å². The summed E-state index contributed by atoms with van der Waals surface area (Å²) < 4.78 is 0. The van der Waals surface area contributed by atoms with Gasteiger partial charge in [-0.1, -0.05) is 0 Å². The highest BCUT2D eigenvalue weighted by atomic mass is 32.1. The molecule has 2 aromatic rings. The molecule has 0 aliphatic heterocycles. The average molecular weight is 208 g/mol. The van der Waals surface area contributed by atoms with Crippen LogP contribution >= 0.6 is 11.3 Å². The normalized spacial score (nSPS) is 10.3. The Hall–Kier alpha value is -1.62. The van der Waals surface area contributed by atoms with E-state index in [0.717, 1.165) is 16.1 Å². The lowest BCUT2D eigenvalue weighted by Crippen LogP contribution is -1.99. The van der Waals surface area contributed by atoms with E-state index in [0.29, 0.717) is 0 Å². The molecule has 0 spiro atoms. The number of carboxylic acids is 1. The van der Waals surface area contributed by atoms with E-state index in [-0.39, 0.29) is 6.42 Å². The molecular weight excluding hydrogens is 200 g/mol. The second kappa shape index (κ2) is 3.63. The molecule has 0 saturated carbocycles. The molecule has 4 nitrogen and oxygen atoms in total. The van der Waals surface area contributed by atoms with Crippen LogP contribution in [0.25, 0.3) is 11.3 Å². The minimum absolute atomic E-state index is 0.0615. The van der Waals surface area contributed by atoms with Gasteiger partial charge in [0.15, 0.2) is 0 Å². The molecule has 0 aliphatic carbocycles. The van der Waals surface area contributed by atoms with Crippen molar-refractivity contribution in [2.24, 2.45) is 0 Å². The van der Waals surface area contributed by atoms with Gasteiger partial charge < -0.3 is 5.11 Å². The van der Waals surface area contributed by atoms with E-state index in [4.69, 9.17) is 5.11 Å². The zero-order chi connectivity index (χ0) is 9.97. The molecule has 0 fully saturated rings. The number of aromatic amines is 1. The number of carbonyl (C=O) groups is 1. The molecule has 0 aliphatic rings. The average Bonchev–Trinajstić information content (AvgIpc) is 2.70. The summed E-state index contributed by atoms with van der Waals surface area (Å²) in [6, 6.07) is 3.73. The summed E-state index contributed by atoms with van der Waals surface area (Å²) in [4.78, 5) is 11.4. The van der Waals surface area contributed by atoms with Crippen molar-refractivity contribution in [1.82, 2.24) is 10.2 Å². The maximum absolute atomic E-state index is 10.6. The van der Waals surface area contributed by atoms with Gasteiger partial charge in [0.2, 0.25) is 0 Å². The van der Waals surface area contributed by atoms with Crippen molar-refractivity contribution in [3.63, 3.8) is 0 Å². The molecule has 2 N–H and O–H groups in total. The molecule has 0 unspecified atom stereocenters. The number of nitrogens with one attached hydrogen (secondary N) is 1. The summed E-state index contributed by atoms with van der Waals surface area (Å²) in [6.07, 6.45) is 1.71. The first-order valence-corrected chi connectivity index (χ1v) is 4.93. The number of aliphatic carboxylic acids is 1. The van der Waals surface area contributed by atoms with Crippen LogP contribution < -0.4 is 0 Å². The van der Waals surface area contributed by atoms with E-state index in [1.54, 1.807) is 6.20 Å². The van der Waals surface area contributed by atoms with E-state index < -0.39 is 5.97 Å². The molecule has 0 amide bonds. The third kappa shape index (κ3) is 1.67. The standard InChI is InChI=1S/C9H8N2O2S/c12-9(13)5-8-6(2-4-14-8)7-1-3-10-11-7/h1-4H,5H2,(H,10,11)(H,12,13). The summed E-state index contributed by atoms with van der Waals surface area (Å²) in [5, 5.41) is 17.2. The third-order valence-electron chi connectivity index (χ3n) is 1.85. The zero-order valence-corrected chi connectivity index (χ0v) is 8.04. The highest BCUT2D eigenvalue weighted by Crippen LogP contribution is 2.26. The predicted octanol–water partition coefficient (Wildman–Crippen LogP) is 1.77. The van der Waals surface area contributed by atoms with Gasteiger partial charge >= 0.3 is 5.97 Å². The number of H-pyrrole nitrogens is 1. The monoisotopic (exact) mass is 208 g/mol. The molecule has 5 heteroatoms. The number of aromatic nitrogens is 2. The quantitative estimate of drug-likeness (QED) is 0.807. The fourth-order valence-electron chi connectivity index (χ4n) is 1.26. The van der Waals surface area contributed by atoms with Crippen molar-refractivity contribution in [3.05, 3.63) is 28.6 Å². The van der Waals surface area contributed by atoms with Crippen LogP contribution in [0.4, 0.5) is 0 Å². The Morgan fingerprint density at radius 3 is 3.07 bits per heavy atom. The van der Waals surface area contributed by atoms with Crippen LogP contribution in [0, 0.1) is 0 Å². The van der Waals surface area contributed by atoms with E-state index >= 15 is 0 Å². The first-order valence-electron chi connectivity index (χ1n) is 4.05. The van der Waals surface area contributed by atoms with Crippen LogP contribution in [0.1, 0.15) is 4.88 Å². The minimum Gasteiger partial charge on any atom is -0.481 e. The summed E-state index contributed by atoms with van der Waals surface area (Å²) in [7, 11) is 0. The van der Waals surface area contributed by atoms with Crippen LogP contribution in [0.2, 0.25) is 0 Å². The van der Waals surface area contributed by atoms with E-state index in [9.17, 15) is 4.79 Å². The topological polar surface area (TPSA) is 66.0 Å². The Balaban J connectivity index is 2.35. The molecule has 0 atom stereocenters. The Morgan fingerprint density at radius 1 is 1.57 bits per heavy atom. The fraction of sp³-hybridized carbons (Fsp3) is 0.111. The van der Waals surface area contributed by atoms with Gasteiger partial charge in [-0.15, -0.1) is 11.3 Å². The Morgan fingerprint density at radius 2 is 2.43 bits per heavy atom. The molecule has 72 valence electrons. The van der Waals surface area contributed by atoms with Crippen molar-refractivity contribution in [1.29, 1.82) is 0 Å². The van der Waals surface area contributed by atoms with E-state index in [2.05, 4.69) is 10.2 Å². The van der Waals surface area contributed by atoms with Crippen molar-refractivity contribution >= 4 is 17.3 Å². The summed E-state index contributed by atoms with van der Waals surface area (Å²) >= 11 is 1.45. The second-order valence-electron chi connectivity index (χ2n) is 2.80. The van der Waals surface area contributed by atoms with Gasteiger partial charge in [0.05, 0.1) is 12.1 Å². The number of thiophene rings is 1. The fourth-order valence-corrected chi connectivity index (χ4v) is 2.14. The Kier molecular flexibility index (Phi) is 2.32. The minimum atomic E-state index is -0.812. The summed E-state index contributed by atoms with van der Waals surface area (Å²) in [6.45, 7) is 0. The molecule has 2 heterocycles. The molecule has 14 heavy (non-hydrogen) atoms. The highest BCUT2D eigenvalue weighted by molar-refractivity contribution is 7.10. The second-order valence-corrected chi connectivity index (χ2v) is 3.80. The van der Waals surface area contributed by atoms with Crippen molar-refractivity contribution in [3.8, 4) is 11.3 Å². The van der Waals surface area contributed by atoms with Crippen LogP contribution in [-0.4, -0.2) is 21.3 Å². The van der Waals surface area contributed by atoms with Crippen LogP contribution in [-0.2, 0) is 11.2 Å². The molecule has 0 radical (unpaired) electrons. The van der Waals surface area contributed by atoms with Crippen molar-refractivity contribution in [2.45, 2.75) is 6.42 Å². The van der Waals surface area contributed by atoms with Gasteiger partial charge in [-0.25, -0.2) is 0 Å². The van der Waals surface area contributed by atoms with Crippen LogP contribution in [0.15, 0.2) is 23.7 Å². The zero-order valence-electron chi connectivity index (χ0n) is 7.23. The lowest BCUT2D eigenvalue weighted by atomic mass is 10.1. The first-order chi connectivity index (χ1) is 6.77. The molecule has 0 saturated heterocycles.